The molecule has 0 aliphatic carbocycles. The third kappa shape index (κ3) is 4.13. The summed E-state index contributed by atoms with van der Waals surface area (Å²) in [4.78, 5) is 38.8. The van der Waals surface area contributed by atoms with Crippen LogP contribution in [0.4, 0.5) is 11.4 Å². The molecule has 1 saturated heterocycles. The van der Waals surface area contributed by atoms with E-state index in [2.05, 4.69) is 0 Å². The van der Waals surface area contributed by atoms with Gasteiger partial charge in [-0.2, -0.15) is 0 Å². The van der Waals surface area contributed by atoms with Gasteiger partial charge in [0.05, 0.1) is 4.92 Å². The predicted octanol–water partition coefficient (Wildman–Crippen LogP) is 3.44. The van der Waals surface area contributed by atoms with Crippen molar-refractivity contribution in [2.45, 2.75) is 26.7 Å². The van der Waals surface area contributed by atoms with Gasteiger partial charge in [-0.15, -0.1) is 0 Å². The van der Waals surface area contributed by atoms with Gasteiger partial charge in [0.25, 0.3) is 11.6 Å². The van der Waals surface area contributed by atoms with Crippen molar-refractivity contribution >= 4 is 23.2 Å². The first-order valence-corrected chi connectivity index (χ1v) is 8.77. The van der Waals surface area contributed by atoms with Crippen LogP contribution < -0.4 is 4.90 Å². The van der Waals surface area contributed by atoms with Gasteiger partial charge >= 0.3 is 0 Å². The third-order valence-corrected chi connectivity index (χ3v) is 4.57. The molecule has 0 N–H and O–H groups in total. The molecular weight excluding hydrogens is 346 g/mol. The molecule has 2 aromatic carbocycles. The number of hydrogen-bond donors (Lipinski definition) is 0. The van der Waals surface area contributed by atoms with Crippen LogP contribution in [0.2, 0.25) is 0 Å². The molecule has 0 unspecified atom stereocenters. The number of non-ortho nitro benzene ring substituents is 1. The summed E-state index contributed by atoms with van der Waals surface area (Å²) in [6, 6.07) is 11.4. The summed E-state index contributed by atoms with van der Waals surface area (Å²) in [5.74, 6) is -0.231. The monoisotopic (exact) mass is 367 g/mol. The zero-order valence-electron chi connectivity index (χ0n) is 15.3. The van der Waals surface area contributed by atoms with E-state index in [4.69, 9.17) is 0 Å². The lowest BCUT2D eigenvalue weighted by Gasteiger charge is -2.28. The first-order valence-electron chi connectivity index (χ1n) is 8.77. The maximum atomic E-state index is 13.2. The van der Waals surface area contributed by atoms with Crippen molar-refractivity contribution < 1.29 is 14.5 Å². The number of amides is 2. The molecule has 2 aromatic rings. The molecule has 1 aliphatic rings. The Morgan fingerprint density at radius 2 is 1.78 bits per heavy atom. The smallest absolute Gasteiger partial charge is 0.269 e. The number of benzene rings is 2. The van der Waals surface area contributed by atoms with Crippen molar-refractivity contribution in [2.24, 2.45) is 0 Å². The second kappa shape index (κ2) is 7.57. The van der Waals surface area contributed by atoms with Crippen LogP contribution in [0.1, 0.15) is 34.3 Å². The Morgan fingerprint density at radius 1 is 1.15 bits per heavy atom. The number of rotatable bonds is 5. The number of hydrogen-bond acceptors (Lipinski definition) is 4. The molecule has 0 spiro atoms. The highest BCUT2D eigenvalue weighted by atomic mass is 16.6. The largest absolute Gasteiger partial charge is 0.324 e. The summed E-state index contributed by atoms with van der Waals surface area (Å²) in [6.07, 6.45) is 1.25. The molecule has 0 radical (unpaired) electrons. The van der Waals surface area contributed by atoms with Crippen molar-refractivity contribution in [3.05, 3.63) is 69.3 Å². The molecule has 0 bridgehead atoms. The van der Waals surface area contributed by atoms with Gasteiger partial charge in [0, 0.05) is 36.3 Å². The van der Waals surface area contributed by atoms with Crippen molar-refractivity contribution in [2.75, 3.05) is 18.1 Å². The molecule has 1 heterocycles. The zero-order chi connectivity index (χ0) is 19.6. The van der Waals surface area contributed by atoms with E-state index in [9.17, 15) is 19.7 Å². The number of carbonyl (C=O) groups excluding carboxylic acids is 2. The highest BCUT2D eigenvalue weighted by Gasteiger charge is 2.27. The number of anilines is 1. The quantitative estimate of drug-likeness (QED) is 0.599. The summed E-state index contributed by atoms with van der Waals surface area (Å²) in [6.45, 7) is 4.57. The minimum absolute atomic E-state index is 0.00938. The Bertz CT molecular complexity index is 872. The molecule has 7 nitrogen and oxygen atoms in total. The lowest BCUT2D eigenvalue weighted by molar-refractivity contribution is -0.384. The van der Waals surface area contributed by atoms with Gasteiger partial charge in [-0.05, 0) is 44.5 Å². The molecule has 1 fully saturated rings. The SMILES string of the molecule is Cc1cc(C)cc(C(=O)N(CN2CCCC2=O)c2ccc([N+](=O)[O-])cc2)c1. The van der Waals surface area contributed by atoms with E-state index in [0.717, 1.165) is 17.5 Å². The normalized spacial score (nSPS) is 13.7. The predicted molar refractivity (Wildman–Crippen MR) is 102 cm³/mol. The second-order valence-electron chi connectivity index (χ2n) is 6.79. The maximum absolute atomic E-state index is 13.2. The number of likely N-dealkylation sites (tertiary alicyclic amines) is 1. The fraction of sp³-hybridized carbons (Fsp3) is 0.300. The summed E-state index contributed by atoms with van der Waals surface area (Å²) in [5.41, 5.74) is 2.94. The Labute approximate surface area is 157 Å². The van der Waals surface area contributed by atoms with E-state index in [0.29, 0.717) is 24.2 Å². The molecule has 0 saturated carbocycles. The molecule has 3 rings (SSSR count). The second-order valence-corrected chi connectivity index (χ2v) is 6.79. The van der Waals surface area contributed by atoms with E-state index >= 15 is 0 Å². The molecule has 7 heteroatoms. The Balaban J connectivity index is 1.96. The summed E-state index contributed by atoms with van der Waals surface area (Å²) in [5, 5.41) is 10.9. The summed E-state index contributed by atoms with van der Waals surface area (Å²) >= 11 is 0. The average molecular weight is 367 g/mol. The highest BCUT2D eigenvalue weighted by molar-refractivity contribution is 6.06. The Hall–Kier alpha value is -3.22. The van der Waals surface area contributed by atoms with Crippen LogP contribution in [0.15, 0.2) is 42.5 Å². The fourth-order valence-electron chi connectivity index (χ4n) is 3.30. The van der Waals surface area contributed by atoms with Crippen LogP contribution in [-0.2, 0) is 4.79 Å². The lowest BCUT2D eigenvalue weighted by Crippen LogP contribution is -2.42. The number of carbonyl (C=O) groups is 2. The number of nitrogens with zero attached hydrogens (tertiary/aromatic N) is 3. The highest BCUT2D eigenvalue weighted by Crippen LogP contribution is 2.24. The first kappa shape index (κ1) is 18.6. The molecule has 140 valence electrons. The van der Waals surface area contributed by atoms with Crippen molar-refractivity contribution in [3.8, 4) is 0 Å². The van der Waals surface area contributed by atoms with Gasteiger partial charge in [0.1, 0.15) is 6.67 Å². The summed E-state index contributed by atoms with van der Waals surface area (Å²) in [7, 11) is 0. The van der Waals surface area contributed by atoms with Gasteiger partial charge in [-0.3, -0.25) is 24.6 Å². The van der Waals surface area contributed by atoms with Gasteiger partial charge in [-0.25, -0.2) is 0 Å². The fourth-order valence-corrected chi connectivity index (χ4v) is 3.30. The van der Waals surface area contributed by atoms with E-state index < -0.39 is 4.92 Å². The minimum atomic E-state index is -0.482. The maximum Gasteiger partial charge on any atom is 0.269 e. The molecule has 0 atom stereocenters. The lowest BCUT2D eigenvalue weighted by atomic mass is 10.1. The van der Waals surface area contributed by atoms with E-state index in [1.807, 2.05) is 19.9 Å². The average Bonchev–Trinajstić information content (AvgIpc) is 3.03. The molecule has 27 heavy (non-hydrogen) atoms. The topological polar surface area (TPSA) is 83.8 Å². The van der Waals surface area contributed by atoms with Crippen LogP contribution in [0.3, 0.4) is 0 Å². The van der Waals surface area contributed by atoms with Crippen LogP contribution in [0.5, 0.6) is 0 Å². The molecule has 0 aromatic heterocycles. The first-order chi connectivity index (χ1) is 12.8. The Kier molecular flexibility index (Phi) is 5.21. The molecular formula is C20H21N3O4. The third-order valence-electron chi connectivity index (χ3n) is 4.57. The van der Waals surface area contributed by atoms with Crippen molar-refractivity contribution in [3.63, 3.8) is 0 Å². The van der Waals surface area contributed by atoms with E-state index in [-0.39, 0.29) is 24.2 Å². The van der Waals surface area contributed by atoms with Gasteiger partial charge in [-0.1, -0.05) is 17.2 Å². The van der Waals surface area contributed by atoms with E-state index in [1.165, 1.54) is 17.0 Å². The van der Waals surface area contributed by atoms with Crippen molar-refractivity contribution in [1.82, 2.24) is 4.90 Å². The Morgan fingerprint density at radius 3 is 2.30 bits per heavy atom. The molecule has 1 aliphatic heterocycles. The number of nitro groups is 1. The van der Waals surface area contributed by atoms with Crippen molar-refractivity contribution in [1.29, 1.82) is 0 Å². The molecule has 2 amide bonds. The van der Waals surface area contributed by atoms with Crippen LogP contribution >= 0.6 is 0 Å². The van der Waals surface area contributed by atoms with Crippen LogP contribution in [0, 0.1) is 24.0 Å². The minimum Gasteiger partial charge on any atom is -0.324 e. The van der Waals surface area contributed by atoms with Gasteiger partial charge < -0.3 is 4.90 Å². The standard InChI is InChI=1S/C20H21N3O4/c1-14-10-15(2)12-16(11-14)20(25)22(13-21-9-3-4-19(21)24)17-5-7-18(8-6-17)23(26)27/h5-8,10-12H,3-4,9,13H2,1-2H3. The summed E-state index contributed by atoms with van der Waals surface area (Å²) < 4.78 is 0. The zero-order valence-corrected chi connectivity index (χ0v) is 15.3. The van der Waals surface area contributed by atoms with Gasteiger partial charge in [0.2, 0.25) is 5.91 Å². The number of aryl methyl sites for hydroxylation is 2. The van der Waals surface area contributed by atoms with E-state index in [1.54, 1.807) is 29.2 Å². The number of nitro benzene ring substituents is 1. The van der Waals surface area contributed by atoms with Crippen LogP contribution in [0.25, 0.3) is 0 Å². The van der Waals surface area contributed by atoms with Gasteiger partial charge in [0.15, 0.2) is 0 Å². The van der Waals surface area contributed by atoms with Crippen LogP contribution in [-0.4, -0.2) is 34.9 Å².